The smallest absolute Gasteiger partial charge is 0.239 e. The van der Waals surface area contributed by atoms with E-state index in [9.17, 15) is 9.59 Å². The van der Waals surface area contributed by atoms with Gasteiger partial charge in [0.2, 0.25) is 5.91 Å². The molecule has 0 aliphatic rings. The first-order valence-corrected chi connectivity index (χ1v) is 5.00. The van der Waals surface area contributed by atoms with Crippen LogP contribution >= 0.6 is 0 Å². The Kier molecular flexibility index (Phi) is 4.09. The highest BCUT2D eigenvalue weighted by atomic mass is 16.2. The predicted molar refractivity (Wildman–Crippen MR) is 57.7 cm³/mol. The molecule has 1 heterocycles. The standard InChI is InChI=1S/C11H16N2O2/c1-9(2)6-12-11(15)7-13-5-3-4-10(13)8-14/h3-5,8-9H,6-7H2,1-2H3,(H,12,15). The molecule has 0 aromatic carbocycles. The van der Waals surface area contributed by atoms with E-state index >= 15 is 0 Å². The van der Waals surface area contributed by atoms with E-state index < -0.39 is 0 Å². The van der Waals surface area contributed by atoms with Crippen molar-refractivity contribution in [3.8, 4) is 0 Å². The van der Waals surface area contributed by atoms with E-state index in [-0.39, 0.29) is 12.5 Å². The van der Waals surface area contributed by atoms with Crippen LogP contribution in [-0.2, 0) is 11.3 Å². The summed E-state index contributed by atoms with van der Waals surface area (Å²) >= 11 is 0. The summed E-state index contributed by atoms with van der Waals surface area (Å²) in [5, 5.41) is 2.80. The molecule has 0 saturated carbocycles. The summed E-state index contributed by atoms with van der Waals surface area (Å²) in [5.74, 6) is 0.368. The van der Waals surface area contributed by atoms with Gasteiger partial charge < -0.3 is 9.88 Å². The van der Waals surface area contributed by atoms with Crippen LogP contribution in [0.15, 0.2) is 18.3 Å². The van der Waals surface area contributed by atoms with Gasteiger partial charge in [-0.15, -0.1) is 0 Å². The summed E-state index contributed by atoms with van der Waals surface area (Å²) in [4.78, 5) is 22.0. The van der Waals surface area contributed by atoms with Crippen LogP contribution in [0.5, 0.6) is 0 Å². The minimum Gasteiger partial charge on any atom is -0.354 e. The molecule has 0 fully saturated rings. The Morgan fingerprint density at radius 3 is 2.93 bits per heavy atom. The van der Waals surface area contributed by atoms with Crippen molar-refractivity contribution in [1.82, 2.24) is 9.88 Å². The Hall–Kier alpha value is -1.58. The van der Waals surface area contributed by atoms with Crippen LogP contribution in [0.3, 0.4) is 0 Å². The molecule has 1 aromatic heterocycles. The molecule has 1 aromatic rings. The molecule has 0 unspecified atom stereocenters. The van der Waals surface area contributed by atoms with Crippen LogP contribution in [-0.4, -0.2) is 23.3 Å². The molecular formula is C11H16N2O2. The second-order valence-electron chi connectivity index (χ2n) is 3.88. The molecule has 0 aliphatic carbocycles. The Labute approximate surface area is 89.3 Å². The molecule has 4 nitrogen and oxygen atoms in total. The molecule has 4 heteroatoms. The summed E-state index contributed by atoms with van der Waals surface area (Å²) in [6.07, 6.45) is 2.47. The van der Waals surface area contributed by atoms with Crippen molar-refractivity contribution in [1.29, 1.82) is 0 Å². The predicted octanol–water partition coefficient (Wildman–Crippen LogP) is 1.07. The molecule has 1 rings (SSSR count). The van der Waals surface area contributed by atoms with Gasteiger partial charge in [0.05, 0.1) is 5.69 Å². The van der Waals surface area contributed by atoms with Crippen LogP contribution in [0.25, 0.3) is 0 Å². The average molecular weight is 208 g/mol. The van der Waals surface area contributed by atoms with Crippen LogP contribution in [0.1, 0.15) is 24.3 Å². The van der Waals surface area contributed by atoms with Crippen LogP contribution in [0.2, 0.25) is 0 Å². The van der Waals surface area contributed by atoms with E-state index in [1.807, 2.05) is 13.8 Å². The lowest BCUT2D eigenvalue weighted by atomic mass is 10.2. The number of aldehydes is 1. The Morgan fingerprint density at radius 2 is 2.33 bits per heavy atom. The first-order valence-electron chi connectivity index (χ1n) is 5.00. The molecule has 0 spiro atoms. The summed E-state index contributed by atoms with van der Waals surface area (Å²) in [6, 6.07) is 3.43. The van der Waals surface area contributed by atoms with E-state index in [4.69, 9.17) is 0 Å². The lowest BCUT2D eigenvalue weighted by Gasteiger charge is -2.08. The molecule has 0 radical (unpaired) electrons. The van der Waals surface area contributed by atoms with Crippen molar-refractivity contribution in [3.63, 3.8) is 0 Å². The normalized spacial score (nSPS) is 10.3. The van der Waals surface area contributed by atoms with Gasteiger partial charge in [-0.05, 0) is 18.1 Å². The number of nitrogens with zero attached hydrogens (tertiary/aromatic N) is 1. The number of amides is 1. The first-order chi connectivity index (χ1) is 7.13. The van der Waals surface area contributed by atoms with Gasteiger partial charge in [-0.2, -0.15) is 0 Å². The maximum Gasteiger partial charge on any atom is 0.239 e. The second-order valence-corrected chi connectivity index (χ2v) is 3.88. The molecule has 0 bridgehead atoms. The fourth-order valence-corrected chi connectivity index (χ4v) is 1.21. The van der Waals surface area contributed by atoms with E-state index in [1.54, 1.807) is 22.9 Å². The zero-order chi connectivity index (χ0) is 11.3. The molecular weight excluding hydrogens is 192 g/mol. The highest BCUT2D eigenvalue weighted by Crippen LogP contribution is 1.98. The first kappa shape index (κ1) is 11.5. The van der Waals surface area contributed by atoms with E-state index in [0.29, 0.717) is 18.2 Å². The van der Waals surface area contributed by atoms with Gasteiger partial charge in [-0.1, -0.05) is 13.8 Å². The van der Waals surface area contributed by atoms with E-state index in [0.717, 1.165) is 6.29 Å². The number of carbonyl (C=O) groups is 2. The minimum atomic E-state index is -0.0667. The van der Waals surface area contributed by atoms with Crippen LogP contribution in [0.4, 0.5) is 0 Å². The van der Waals surface area contributed by atoms with Crippen molar-refractivity contribution < 1.29 is 9.59 Å². The lowest BCUT2D eigenvalue weighted by Crippen LogP contribution is -2.30. The molecule has 0 atom stereocenters. The quantitative estimate of drug-likeness (QED) is 0.736. The Bertz CT molecular complexity index is 342. The molecule has 82 valence electrons. The highest BCUT2D eigenvalue weighted by Gasteiger charge is 2.05. The van der Waals surface area contributed by atoms with E-state index in [1.165, 1.54) is 0 Å². The third-order valence-corrected chi connectivity index (χ3v) is 2.01. The van der Waals surface area contributed by atoms with E-state index in [2.05, 4.69) is 5.32 Å². The molecule has 0 saturated heterocycles. The Balaban J connectivity index is 2.47. The SMILES string of the molecule is CC(C)CNC(=O)Cn1cccc1C=O. The molecule has 15 heavy (non-hydrogen) atoms. The van der Waals surface area contributed by atoms with Gasteiger partial charge in [-0.25, -0.2) is 0 Å². The largest absolute Gasteiger partial charge is 0.354 e. The number of nitrogens with one attached hydrogen (secondary N) is 1. The zero-order valence-corrected chi connectivity index (χ0v) is 9.06. The van der Waals surface area contributed by atoms with Gasteiger partial charge in [0, 0.05) is 12.7 Å². The zero-order valence-electron chi connectivity index (χ0n) is 9.06. The third-order valence-electron chi connectivity index (χ3n) is 2.01. The fraction of sp³-hybridized carbons (Fsp3) is 0.455. The lowest BCUT2D eigenvalue weighted by molar-refractivity contribution is -0.121. The Morgan fingerprint density at radius 1 is 1.60 bits per heavy atom. The van der Waals surface area contributed by atoms with Gasteiger partial charge in [0.1, 0.15) is 6.54 Å². The van der Waals surface area contributed by atoms with Crippen molar-refractivity contribution in [2.45, 2.75) is 20.4 Å². The van der Waals surface area contributed by atoms with Gasteiger partial charge >= 0.3 is 0 Å². The third kappa shape index (κ3) is 3.58. The number of aromatic nitrogens is 1. The van der Waals surface area contributed by atoms with Gasteiger partial charge in [-0.3, -0.25) is 9.59 Å². The van der Waals surface area contributed by atoms with Crippen LogP contribution in [0, 0.1) is 5.92 Å². The molecule has 1 N–H and O–H groups in total. The fourth-order valence-electron chi connectivity index (χ4n) is 1.21. The van der Waals surface area contributed by atoms with Crippen molar-refractivity contribution in [2.75, 3.05) is 6.54 Å². The minimum absolute atomic E-state index is 0.0667. The summed E-state index contributed by atoms with van der Waals surface area (Å²) in [5.41, 5.74) is 0.523. The van der Waals surface area contributed by atoms with Gasteiger partial charge in [0.25, 0.3) is 0 Å². The van der Waals surface area contributed by atoms with Gasteiger partial charge in [0.15, 0.2) is 6.29 Å². The van der Waals surface area contributed by atoms with Crippen molar-refractivity contribution in [2.24, 2.45) is 5.92 Å². The molecule has 0 aliphatic heterocycles. The topological polar surface area (TPSA) is 51.1 Å². The number of hydrogen-bond donors (Lipinski definition) is 1. The number of rotatable bonds is 5. The maximum absolute atomic E-state index is 11.4. The maximum atomic E-state index is 11.4. The van der Waals surface area contributed by atoms with Crippen molar-refractivity contribution >= 4 is 12.2 Å². The van der Waals surface area contributed by atoms with Crippen LogP contribution < -0.4 is 5.32 Å². The molecule has 1 amide bonds. The summed E-state index contributed by atoms with van der Waals surface area (Å²) < 4.78 is 1.63. The summed E-state index contributed by atoms with van der Waals surface area (Å²) in [6.45, 7) is 4.93. The van der Waals surface area contributed by atoms with Crippen molar-refractivity contribution in [3.05, 3.63) is 24.0 Å². The number of hydrogen-bond acceptors (Lipinski definition) is 2. The monoisotopic (exact) mass is 208 g/mol. The average Bonchev–Trinajstić information content (AvgIpc) is 2.62. The number of carbonyl (C=O) groups excluding carboxylic acids is 2. The summed E-state index contributed by atoms with van der Waals surface area (Å²) in [7, 11) is 0. The second kappa shape index (κ2) is 5.34. The highest BCUT2D eigenvalue weighted by molar-refractivity contribution is 5.78.